The number of carbonyl (C=O) groups is 1. The van der Waals surface area contributed by atoms with Crippen LogP contribution >= 0.6 is 0 Å². The molecule has 2 aromatic rings. The Balaban J connectivity index is 2.38. The van der Waals surface area contributed by atoms with Gasteiger partial charge in [0.1, 0.15) is 11.5 Å². The van der Waals surface area contributed by atoms with Crippen molar-refractivity contribution in [2.75, 3.05) is 39.3 Å². The Morgan fingerprint density at radius 2 is 1.77 bits per heavy atom. The summed E-state index contributed by atoms with van der Waals surface area (Å²) in [5, 5.41) is 4.82. The molecule has 0 radical (unpaired) electrons. The molecule has 35 heavy (non-hydrogen) atoms. The lowest BCUT2D eigenvalue weighted by molar-refractivity contribution is -0.116. The van der Waals surface area contributed by atoms with Crippen molar-refractivity contribution in [2.24, 2.45) is 0 Å². The highest BCUT2D eigenvalue weighted by Crippen LogP contribution is 2.37. The number of benzene rings is 2. The van der Waals surface area contributed by atoms with Crippen molar-refractivity contribution in [1.29, 1.82) is 1.43 Å². The van der Waals surface area contributed by atoms with Crippen LogP contribution in [0.25, 0.3) is 0 Å². The van der Waals surface area contributed by atoms with Gasteiger partial charge < -0.3 is 19.5 Å². The summed E-state index contributed by atoms with van der Waals surface area (Å²) in [4.78, 5) is 16.0. The summed E-state index contributed by atoms with van der Waals surface area (Å²) >= 11 is 0. The van der Waals surface area contributed by atoms with Gasteiger partial charge in [0, 0.05) is 33.7 Å². The average molecular weight is 486 g/mol. The van der Waals surface area contributed by atoms with E-state index in [9.17, 15) is 4.79 Å². The van der Waals surface area contributed by atoms with E-state index in [-0.39, 0.29) is 12.0 Å². The summed E-state index contributed by atoms with van der Waals surface area (Å²) in [6.07, 6.45) is 0.779. The standard InChI is InChI=1S/C29H44N2O4/c1-11-25(21(6)28-18(3)15-23(35-12-2)16-19(28)4)30(8)17-27(34-10)24-13-14-26(33)29(20(24)5)31(9)22(7)32/h13-16,21,25,27,33H,11-12,17H2,1-10H3/t21?,25-,27+/m1/s1/i/hD. The predicted octanol–water partition coefficient (Wildman–Crippen LogP) is 5.90. The molecule has 0 saturated heterocycles. The first-order valence-corrected chi connectivity index (χ1v) is 12.5. The number of rotatable bonds is 12. The van der Waals surface area contributed by atoms with Crippen LogP contribution < -0.4 is 9.64 Å². The number of phenolic OH excluding ortho intramolecular Hbond substituents is 1. The van der Waals surface area contributed by atoms with Gasteiger partial charge in [-0.25, -0.2) is 0 Å². The van der Waals surface area contributed by atoms with Crippen molar-refractivity contribution in [3.63, 3.8) is 0 Å². The van der Waals surface area contributed by atoms with E-state index in [4.69, 9.17) is 16.0 Å². The number of ether oxygens (including phenoxy) is 2. The second-order valence-electron chi connectivity index (χ2n) is 9.54. The summed E-state index contributed by atoms with van der Waals surface area (Å²) < 4.78 is 19.2. The fraction of sp³-hybridized carbons (Fsp3) is 0.552. The highest BCUT2D eigenvalue weighted by Gasteiger charge is 2.28. The lowest BCUT2D eigenvalue weighted by Gasteiger charge is -2.36. The molecular formula is C29H44N2O4. The maximum atomic E-state index is 12.1. The lowest BCUT2D eigenvalue weighted by Crippen LogP contribution is -2.39. The van der Waals surface area contributed by atoms with Crippen LogP contribution in [0.15, 0.2) is 24.3 Å². The second kappa shape index (κ2) is 12.4. The molecule has 6 nitrogen and oxygen atoms in total. The highest BCUT2D eigenvalue weighted by atomic mass is 16.5. The number of amides is 1. The summed E-state index contributed by atoms with van der Waals surface area (Å²) in [6.45, 7) is 15.6. The number of likely N-dealkylation sites (N-methyl/N-ethyl adjacent to an activating group) is 1. The third kappa shape index (κ3) is 6.36. The normalized spacial score (nSPS) is 14.3. The molecule has 2 rings (SSSR count). The van der Waals surface area contributed by atoms with Crippen LogP contribution in [-0.4, -0.2) is 57.7 Å². The first kappa shape index (κ1) is 27.0. The number of aryl methyl sites for hydroxylation is 2. The zero-order valence-corrected chi connectivity index (χ0v) is 23.2. The van der Waals surface area contributed by atoms with E-state index in [2.05, 4.69) is 51.8 Å². The number of hydrogen-bond acceptors (Lipinski definition) is 5. The largest absolute Gasteiger partial charge is 0.506 e. The summed E-state index contributed by atoms with van der Waals surface area (Å²) in [5.41, 5.74) is 6.31. The van der Waals surface area contributed by atoms with E-state index < -0.39 is 0 Å². The molecule has 194 valence electrons. The Morgan fingerprint density at radius 1 is 1.14 bits per heavy atom. The molecule has 0 aromatic heterocycles. The van der Waals surface area contributed by atoms with Crippen LogP contribution in [0.4, 0.5) is 5.69 Å². The topological polar surface area (TPSA) is 62.2 Å². The maximum Gasteiger partial charge on any atom is 0.293 e. The van der Waals surface area contributed by atoms with E-state index >= 15 is 0 Å². The molecule has 0 aliphatic heterocycles. The van der Waals surface area contributed by atoms with Gasteiger partial charge in [0.15, 0.2) is 0 Å². The molecule has 0 saturated carbocycles. The van der Waals surface area contributed by atoms with Crippen LogP contribution in [0.5, 0.6) is 11.5 Å². The molecule has 0 aliphatic carbocycles. The number of anilines is 1. The number of nitrogens with zero attached hydrogens (tertiary/aromatic N) is 2. The van der Waals surface area contributed by atoms with E-state index in [1.807, 2.05) is 19.9 Å². The third-order valence-electron chi connectivity index (χ3n) is 7.22. The Bertz CT molecular complexity index is 1020. The van der Waals surface area contributed by atoms with E-state index in [0.29, 0.717) is 36.5 Å². The summed E-state index contributed by atoms with van der Waals surface area (Å²) in [7, 11) is 5.56. The van der Waals surface area contributed by atoms with Gasteiger partial charge in [0.05, 0.1) is 18.4 Å². The van der Waals surface area contributed by atoms with Crippen molar-refractivity contribution in [3.8, 4) is 11.5 Å². The second-order valence-corrected chi connectivity index (χ2v) is 9.54. The molecular weight excluding hydrogens is 440 g/mol. The molecule has 3 atom stereocenters. The van der Waals surface area contributed by atoms with Gasteiger partial charge in [-0.15, -0.1) is 0 Å². The van der Waals surface area contributed by atoms with Gasteiger partial charge >= 0.3 is 0 Å². The molecule has 0 heterocycles. The molecule has 0 fully saturated rings. The van der Waals surface area contributed by atoms with E-state index in [0.717, 1.165) is 23.3 Å². The fourth-order valence-electron chi connectivity index (χ4n) is 5.45. The summed E-state index contributed by atoms with van der Waals surface area (Å²) in [5.74, 6) is 1.46. The molecule has 1 unspecified atom stereocenters. The number of hydrogen-bond donors (Lipinski definition) is 1. The molecule has 2 aromatic carbocycles. The average Bonchev–Trinajstić information content (AvgIpc) is 2.82. The number of carbonyl (C=O) groups excluding carboxylic acids is 1. The van der Waals surface area contributed by atoms with Gasteiger partial charge in [-0.05, 0) is 93.1 Å². The van der Waals surface area contributed by atoms with Gasteiger partial charge in [0.2, 0.25) is 5.91 Å². The highest BCUT2D eigenvalue weighted by molar-refractivity contribution is 5.93. The first-order chi connectivity index (χ1) is 17.0. The molecule has 6 heteroatoms. The minimum atomic E-state index is -0.210. The Morgan fingerprint density at radius 3 is 2.26 bits per heavy atom. The van der Waals surface area contributed by atoms with E-state index in [1.54, 1.807) is 20.2 Å². The molecule has 1 amide bonds. The van der Waals surface area contributed by atoms with Crippen molar-refractivity contribution in [1.82, 2.24) is 4.90 Å². The zero-order chi connectivity index (χ0) is 27.2. The molecule has 1 N–H and O–H groups in total. The molecule has 0 spiro atoms. The zero-order valence-electron chi connectivity index (χ0n) is 24.2. The Kier molecular flexibility index (Phi) is 9.58. The van der Waals surface area contributed by atoms with Crippen LogP contribution in [0.1, 0.15) is 74.0 Å². The third-order valence-corrected chi connectivity index (χ3v) is 7.22. The molecule has 0 bridgehead atoms. The Labute approximate surface area is 213 Å². The number of phenols is 1. The quantitative estimate of drug-likeness (QED) is 0.405. The van der Waals surface area contributed by atoms with Crippen LogP contribution in [0, 0.1) is 20.8 Å². The van der Waals surface area contributed by atoms with Gasteiger partial charge in [0.25, 0.3) is 1.43 Å². The van der Waals surface area contributed by atoms with Crippen molar-refractivity contribution in [2.45, 2.75) is 73.0 Å². The number of methoxy groups -OCH3 is 1. The lowest BCUT2D eigenvalue weighted by atomic mass is 9.84. The van der Waals surface area contributed by atoms with Crippen LogP contribution in [0.2, 0.25) is 0 Å². The van der Waals surface area contributed by atoms with Crippen LogP contribution in [0.3, 0.4) is 0 Å². The molecule has 0 aliphatic rings. The minimum Gasteiger partial charge on any atom is -0.506 e. The van der Waals surface area contributed by atoms with E-state index in [1.165, 1.54) is 28.5 Å². The minimum absolute atomic E-state index is 0.124. The fourth-order valence-corrected chi connectivity index (χ4v) is 5.45. The van der Waals surface area contributed by atoms with Crippen molar-refractivity contribution < 1.29 is 19.4 Å². The summed E-state index contributed by atoms with van der Waals surface area (Å²) in [6, 6.07) is 8.25. The maximum absolute atomic E-state index is 12.1. The first-order valence-electron chi connectivity index (χ1n) is 12.9. The smallest absolute Gasteiger partial charge is 0.293 e. The van der Waals surface area contributed by atoms with Gasteiger partial charge in [-0.1, -0.05) is 19.9 Å². The van der Waals surface area contributed by atoms with Gasteiger partial charge in [-0.3, -0.25) is 9.69 Å². The predicted molar refractivity (Wildman–Crippen MR) is 144 cm³/mol. The monoisotopic (exact) mass is 485 g/mol. The van der Waals surface area contributed by atoms with Crippen molar-refractivity contribution >= 4 is 11.6 Å². The van der Waals surface area contributed by atoms with Crippen molar-refractivity contribution in [3.05, 3.63) is 52.1 Å². The van der Waals surface area contributed by atoms with Gasteiger partial charge in [-0.2, -0.15) is 0 Å². The van der Waals surface area contributed by atoms with Crippen LogP contribution in [-0.2, 0) is 9.53 Å². The number of aromatic hydroxyl groups is 1. The SMILES string of the molecule is [2H]Oc1ccc([C@H](CN(C)[C@H](CC)C(C)c2c(C)cc(OCC)cc2C)OC)c(C)c1N(C)C(C)=O. The Hall–Kier alpha value is -2.57.